The van der Waals surface area contributed by atoms with E-state index in [1.165, 1.54) is 24.3 Å². The van der Waals surface area contributed by atoms with Gasteiger partial charge in [-0.1, -0.05) is 54.6 Å². The van der Waals surface area contributed by atoms with Crippen LogP contribution in [0.25, 0.3) is 16.8 Å². The Kier molecular flexibility index (Phi) is 4.20. The van der Waals surface area contributed by atoms with Gasteiger partial charge in [-0.15, -0.1) is 0 Å². The molecule has 2 nitrogen and oxygen atoms in total. The number of hydrogen-bond donors (Lipinski definition) is 1. The molecule has 0 unspecified atom stereocenters. The lowest BCUT2D eigenvalue weighted by Gasteiger charge is -2.04. The van der Waals surface area contributed by atoms with E-state index < -0.39 is 11.6 Å². The molecule has 3 rings (SSSR count). The van der Waals surface area contributed by atoms with Crippen LogP contribution in [0, 0.1) is 5.82 Å². The molecule has 0 atom stereocenters. The lowest BCUT2D eigenvalue weighted by molar-refractivity contribution is -0.113. The Morgan fingerprint density at radius 1 is 1.04 bits per heavy atom. The highest BCUT2D eigenvalue weighted by atomic mass is 19.1. The summed E-state index contributed by atoms with van der Waals surface area (Å²) in [6, 6.07) is 17.8. The molecule has 0 radical (unpaired) electrons. The van der Waals surface area contributed by atoms with Crippen LogP contribution in [0.5, 0.6) is 5.75 Å². The van der Waals surface area contributed by atoms with E-state index in [0.29, 0.717) is 12.0 Å². The van der Waals surface area contributed by atoms with Gasteiger partial charge in [0.05, 0.1) is 0 Å². The molecule has 0 saturated heterocycles. The van der Waals surface area contributed by atoms with Crippen LogP contribution in [0.3, 0.4) is 0 Å². The molecule has 0 spiro atoms. The highest BCUT2D eigenvalue weighted by Gasteiger charge is 2.05. The monoisotopic (exact) mass is 306 g/mol. The molecule has 0 fully saturated rings. The van der Waals surface area contributed by atoms with E-state index in [0.717, 1.165) is 16.3 Å². The Bertz CT molecular complexity index is 892. The average molecular weight is 306 g/mol. The van der Waals surface area contributed by atoms with Crippen molar-refractivity contribution >= 4 is 22.6 Å². The van der Waals surface area contributed by atoms with E-state index in [9.17, 15) is 14.3 Å². The second-order valence-corrected chi connectivity index (χ2v) is 5.33. The fraction of sp³-hybridized carbons (Fsp3) is 0.0500. The van der Waals surface area contributed by atoms with Crippen LogP contribution in [0.4, 0.5) is 4.39 Å². The van der Waals surface area contributed by atoms with Gasteiger partial charge in [-0.25, -0.2) is 4.39 Å². The van der Waals surface area contributed by atoms with E-state index >= 15 is 0 Å². The SMILES string of the molecule is O=C(/C=C/c1ccc(F)c(O)c1)Cc1cccc2ccccc12. The molecule has 3 aromatic rings. The molecule has 0 heterocycles. The van der Waals surface area contributed by atoms with Gasteiger partial charge in [0.25, 0.3) is 0 Å². The first kappa shape index (κ1) is 15.0. The number of fused-ring (bicyclic) bond motifs is 1. The summed E-state index contributed by atoms with van der Waals surface area (Å²) in [6.45, 7) is 0. The number of carbonyl (C=O) groups is 1. The van der Waals surface area contributed by atoms with Crippen molar-refractivity contribution in [3.05, 3.63) is 83.7 Å². The molecule has 0 saturated carbocycles. The zero-order valence-corrected chi connectivity index (χ0v) is 12.4. The molecule has 23 heavy (non-hydrogen) atoms. The first-order valence-electron chi connectivity index (χ1n) is 7.29. The molecule has 0 aliphatic carbocycles. The standard InChI is InChI=1S/C20H15FO2/c21-19-11-9-14(12-20(19)23)8-10-17(22)13-16-6-3-5-15-4-1-2-7-18(15)16/h1-12,23H,13H2/b10-8+. The molecule has 3 aromatic carbocycles. The minimum absolute atomic E-state index is 0.0508. The summed E-state index contributed by atoms with van der Waals surface area (Å²) in [7, 11) is 0. The van der Waals surface area contributed by atoms with Crippen molar-refractivity contribution in [2.45, 2.75) is 6.42 Å². The van der Waals surface area contributed by atoms with Crippen molar-refractivity contribution in [3.63, 3.8) is 0 Å². The number of halogens is 1. The number of phenolic OH excluding ortho intramolecular Hbond substituents is 1. The second kappa shape index (κ2) is 6.44. The van der Waals surface area contributed by atoms with Gasteiger partial charge in [0.15, 0.2) is 17.3 Å². The number of benzene rings is 3. The van der Waals surface area contributed by atoms with E-state index in [-0.39, 0.29) is 5.78 Å². The summed E-state index contributed by atoms with van der Waals surface area (Å²) in [6.07, 6.45) is 3.33. The average Bonchev–Trinajstić information content (AvgIpc) is 2.56. The van der Waals surface area contributed by atoms with Gasteiger partial charge in [0.2, 0.25) is 0 Å². The maximum Gasteiger partial charge on any atom is 0.164 e. The smallest absolute Gasteiger partial charge is 0.164 e. The molecule has 0 aromatic heterocycles. The van der Waals surface area contributed by atoms with Gasteiger partial charge in [0.1, 0.15) is 0 Å². The minimum Gasteiger partial charge on any atom is -0.505 e. The maximum atomic E-state index is 13.0. The molecular formula is C20H15FO2. The Hall–Kier alpha value is -2.94. The van der Waals surface area contributed by atoms with E-state index in [2.05, 4.69) is 0 Å². The molecule has 0 bridgehead atoms. The Balaban J connectivity index is 1.78. The van der Waals surface area contributed by atoms with Gasteiger partial charge >= 0.3 is 0 Å². The fourth-order valence-corrected chi connectivity index (χ4v) is 2.52. The first-order chi connectivity index (χ1) is 11.1. The zero-order chi connectivity index (χ0) is 16.2. The van der Waals surface area contributed by atoms with Crippen LogP contribution >= 0.6 is 0 Å². The van der Waals surface area contributed by atoms with Crippen LogP contribution in [-0.4, -0.2) is 10.9 Å². The highest BCUT2D eigenvalue weighted by molar-refractivity contribution is 5.98. The van der Waals surface area contributed by atoms with Crippen molar-refractivity contribution in [2.75, 3.05) is 0 Å². The Labute approximate surface area is 133 Å². The lowest BCUT2D eigenvalue weighted by Crippen LogP contribution is -1.99. The van der Waals surface area contributed by atoms with Crippen molar-refractivity contribution in [1.82, 2.24) is 0 Å². The van der Waals surface area contributed by atoms with Crippen LogP contribution in [0.2, 0.25) is 0 Å². The molecule has 114 valence electrons. The third-order valence-corrected chi connectivity index (χ3v) is 3.68. The molecule has 1 N–H and O–H groups in total. The fourth-order valence-electron chi connectivity index (χ4n) is 2.52. The second-order valence-electron chi connectivity index (χ2n) is 5.33. The molecule has 0 amide bonds. The van der Waals surface area contributed by atoms with Gasteiger partial charge in [-0.2, -0.15) is 0 Å². The van der Waals surface area contributed by atoms with Crippen molar-refractivity contribution in [3.8, 4) is 5.75 Å². The van der Waals surface area contributed by atoms with E-state index in [1.54, 1.807) is 6.08 Å². The van der Waals surface area contributed by atoms with Crippen LogP contribution in [0.1, 0.15) is 11.1 Å². The van der Waals surface area contributed by atoms with Crippen LogP contribution in [-0.2, 0) is 11.2 Å². The predicted molar refractivity (Wildman–Crippen MR) is 89.8 cm³/mol. The first-order valence-corrected chi connectivity index (χ1v) is 7.29. The normalized spacial score (nSPS) is 11.2. The van der Waals surface area contributed by atoms with Crippen LogP contribution < -0.4 is 0 Å². The number of aromatic hydroxyl groups is 1. The zero-order valence-electron chi connectivity index (χ0n) is 12.4. The Morgan fingerprint density at radius 2 is 1.83 bits per heavy atom. The number of phenols is 1. The largest absolute Gasteiger partial charge is 0.505 e. The summed E-state index contributed by atoms with van der Waals surface area (Å²) in [5.41, 5.74) is 1.55. The number of rotatable bonds is 4. The van der Waals surface area contributed by atoms with Crippen molar-refractivity contribution in [1.29, 1.82) is 0 Å². The van der Waals surface area contributed by atoms with Gasteiger partial charge in [0, 0.05) is 6.42 Å². The lowest BCUT2D eigenvalue weighted by atomic mass is 10.00. The van der Waals surface area contributed by atoms with E-state index in [1.807, 2.05) is 42.5 Å². The summed E-state index contributed by atoms with van der Waals surface area (Å²) >= 11 is 0. The topological polar surface area (TPSA) is 37.3 Å². The molecular weight excluding hydrogens is 291 g/mol. The summed E-state index contributed by atoms with van der Waals surface area (Å²) in [5.74, 6) is -1.15. The van der Waals surface area contributed by atoms with Gasteiger partial charge in [-0.05, 0) is 40.1 Å². The number of ketones is 1. The summed E-state index contributed by atoms with van der Waals surface area (Å²) in [5, 5.41) is 11.5. The molecule has 0 aliphatic heterocycles. The predicted octanol–water partition coefficient (Wildman–Crippen LogP) is 4.51. The van der Waals surface area contributed by atoms with Gasteiger partial charge < -0.3 is 5.11 Å². The third-order valence-electron chi connectivity index (χ3n) is 3.68. The van der Waals surface area contributed by atoms with Crippen LogP contribution in [0.15, 0.2) is 66.7 Å². The highest BCUT2D eigenvalue weighted by Crippen LogP contribution is 2.20. The number of hydrogen-bond acceptors (Lipinski definition) is 2. The summed E-state index contributed by atoms with van der Waals surface area (Å²) < 4.78 is 13.0. The minimum atomic E-state index is -0.677. The van der Waals surface area contributed by atoms with Gasteiger partial charge in [-0.3, -0.25) is 4.79 Å². The number of carbonyl (C=O) groups excluding carboxylic acids is 1. The summed E-state index contributed by atoms with van der Waals surface area (Å²) in [4.78, 5) is 12.2. The van der Waals surface area contributed by atoms with Crippen molar-refractivity contribution in [2.24, 2.45) is 0 Å². The molecule has 3 heteroatoms. The van der Waals surface area contributed by atoms with E-state index in [4.69, 9.17) is 0 Å². The molecule has 0 aliphatic rings. The number of allylic oxidation sites excluding steroid dienone is 1. The Morgan fingerprint density at radius 3 is 2.65 bits per heavy atom. The maximum absolute atomic E-state index is 13.0. The van der Waals surface area contributed by atoms with Crippen molar-refractivity contribution < 1.29 is 14.3 Å². The third kappa shape index (κ3) is 3.46. The quantitative estimate of drug-likeness (QED) is 0.720.